The Hall–Kier alpha value is -1.63. The summed E-state index contributed by atoms with van der Waals surface area (Å²) < 4.78 is 0. The lowest BCUT2D eigenvalue weighted by molar-refractivity contribution is 0.476. The van der Waals surface area contributed by atoms with Crippen LogP contribution in [0.5, 0.6) is 5.75 Å². The van der Waals surface area contributed by atoms with E-state index in [1.165, 1.54) is 21.9 Å². The number of phenols is 1. The number of aromatic hydroxyl groups is 1. The Morgan fingerprint density at radius 3 is 2.07 bits per heavy atom. The van der Waals surface area contributed by atoms with Crippen molar-refractivity contribution >= 4 is 36.4 Å². The maximum absolute atomic E-state index is 9.44. The molecule has 1 heterocycles. The topological polar surface area (TPSA) is 20.2 Å². The monoisotopic (exact) mass is 192 g/mol. The van der Waals surface area contributed by atoms with Crippen LogP contribution in [0.2, 0.25) is 0 Å². The van der Waals surface area contributed by atoms with Crippen molar-refractivity contribution in [3.63, 3.8) is 0 Å². The van der Waals surface area contributed by atoms with Gasteiger partial charge in [0.05, 0.1) is 0 Å². The van der Waals surface area contributed by atoms with E-state index in [0.717, 1.165) is 14.6 Å². The molecule has 0 saturated carbocycles. The summed E-state index contributed by atoms with van der Waals surface area (Å²) in [6, 6.07) is 14.2. The van der Waals surface area contributed by atoms with Crippen LogP contribution in [0.3, 0.4) is 0 Å². The maximum atomic E-state index is 9.44. The first-order valence-corrected chi connectivity index (χ1v) is 5.20. The van der Waals surface area contributed by atoms with E-state index in [4.69, 9.17) is 0 Å². The molecule has 0 fully saturated rings. The van der Waals surface area contributed by atoms with Gasteiger partial charge in [0.2, 0.25) is 0 Å². The SMILES string of the molecule is Oc1ccc2c(c1)Bc1ccccc1B2. The van der Waals surface area contributed by atoms with Gasteiger partial charge in [-0.3, -0.25) is 0 Å². The molecule has 0 radical (unpaired) electrons. The van der Waals surface area contributed by atoms with Crippen LogP contribution < -0.4 is 21.9 Å². The minimum atomic E-state index is 0.369. The van der Waals surface area contributed by atoms with Gasteiger partial charge in [-0.05, 0) is 12.1 Å². The van der Waals surface area contributed by atoms with E-state index in [1.54, 1.807) is 6.07 Å². The largest absolute Gasteiger partial charge is 0.508 e. The van der Waals surface area contributed by atoms with Crippen molar-refractivity contribution in [3.05, 3.63) is 42.5 Å². The number of rotatable bonds is 0. The number of fused-ring (bicyclic) bond motifs is 2. The molecule has 1 nitrogen and oxygen atoms in total. The average Bonchev–Trinajstić information content (AvgIpc) is 2.26. The van der Waals surface area contributed by atoms with E-state index >= 15 is 0 Å². The Labute approximate surface area is 90.3 Å². The van der Waals surface area contributed by atoms with Gasteiger partial charge >= 0.3 is 0 Å². The molecule has 0 aliphatic carbocycles. The molecule has 0 saturated heterocycles. The van der Waals surface area contributed by atoms with E-state index < -0.39 is 0 Å². The Morgan fingerprint density at radius 1 is 0.733 bits per heavy atom. The highest BCUT2D eigenvalue weighted by molar-refractivity contribution is 6.87. The molecular weight excluding hydrogens is 182 g/mol. The third kappa shape index (κ3) is 1.44. The van der Waals surface area contributed by atoms with Gasteiger partial charge in [0, 0.05) is 0 Å². The fourth-order valence-corrected chi connectivity index (χ4v) is 2.26. The van der Waals surface area contributed by atoms with Crippen LogP contribution >= 0.6 is 0 Å². The fourth-order valence-electron chi connectivity index (χ4n) is 2.26. The summed E-state index contributed by atoms with van der Waals surface area (Å²) in [6.07, 6.45) is 0. The van der Waals surface area contributed by atoms with Gasteiger partial charge in [0.15, 0.2) is 14.6 Å². The first-order valence-electron chi connectivity index (χ1n) is 5.20. The second-order valence-corrected chi connectivity index (χ2v) is 4.08. The minimum Gasteiger partial charge on any atom is -0.508 e. The standard InChI is InChI=1S/C12H10B2O/c15-8-5-6-11-12(7-8)14-10-4-2-1-3-9(10)13-11/h1-7,13-15H. The Morgan fingerprint density at radius 2 is 1.33 bits per heavy atom. The second-order valence-electron chi connectivity index (χ2n) is 4.08. The molecule has 3 rings (SSSR count). The highest BCUT2D eigenvalue weighted by atomic mass is 16.3. The highest BCUT2D eigenvalue weighted by Crippen LogP contribution is 2.02. The maximum Gasteiger partial charge on any atom is 0.191 e. The second kappa shape index (κ2) is 3.20. The van der Waals surface area contributed by atoms with E-state index in [-0.39, 0.29) is 0 Å². The molecule has 2 aromatic carbocycles. The van der Waals surface area contributed by atoms with Crippen molar-refractivity contribution in [3.8, 4) is 5.75 Å². The zero-order valence-electron chi connectivity index (χ0n) is 8.40. The molecule has 0 unspecified atom stereocenters. The molecule has 15 heavy (non-hydrogen) atoms. The molecule has 0 atom stereocenters. The van der Waals surface area contributed by atoms with Gasteiger partial charge in [-0.1, -0.05) is 52.2 Å². The number of benzene rings is 2. The van der Waals surface area contributed by atoms with Crippen molar-refractivity contribution < 1.29 is 5.11 Å². The third-order valence-corrected chi connectivity index (χ3v) is 3.07. The Balaban J connectivity index is 2.11. The van der Waals surface area contributed by atoms with Crippen LogP contribution in [0.15, 0.2) is 42.5 Å². The smallest absolute Gasteiger partial charge is 0.191 e. The summed E-state index contributed by atoms with van der Waals surface area (Å²) in [4.78, 5) is 0. The quantitative estimate of drug-likeness (QED) is 0.429. The molecule has 0 bridgehead atoms. The lowest BCUT2D eigenvalue weighted by atomic mass is 9.44. The van der Waals surface area contributed by atoms with E-state index in [1.807, 2.05) is 12.1 Å². The summed E-state index contributed by atoms with van der Waals surface area (Å²) >= 11 is 0. The van der Waals surface area contributed by atoms with E-state index in [0.29, 0.717) is 5.75 Å². The summed E-state index contributed by atoms with van der Waals surface area (Å²) in [5.41, 5.74) is 5.39. The first-order chi connectivity index (χ1) is 7.33. The third-order valence-electron chi connectivity index (χ3n) is 3.07. The molecule has 0 amide bonds. The average molecular weight is 192 g/mol. The van der Waals surface area contributed by atoms with E-state index in [9.17, 15) is 5.11 Å². The molecule has 1 N–H and O–H groups in total. The molecule has 70 valence electrons. The number of phenolic OH excluding ortho intramolecular Hbond substituents is 1. The van der Waals surface area contributed by atoms with Crippen molar-refractivity contribution in [2.24, 2.45) is 0 Å². The van der Waals surface area contributed by atoms with Gasteiger partial charge in [0.25, 0.3) is 0 Å². The first kappa shape index (κ1) is 8.66. The summed E-state index contributed by atoms with van der Waals surface area (Å²) in [7, 11) is 1.94. The number of hydrogen-bond acceptors (Lipinski definition) is 1. The van der Waals surface area contributed by atoms with Crippen LogP contribution in [-0.2, 0) is 0 Å². The van der Waals surface area contributed by atoms with Gasteiger partial charge in [0.1, 0.15) is 5.75 Å². The van der Waals surface area contributed by atoms with Crippen LogP contribution in [-0.4, -0.2) is 19.7 Å². The predicted molar refractivity (Wildman–Crippen MR) is 67.4 cm³/mol. The lowest BCUT2D eigenvalue weighted by Gasteiger charge is -2.17. The Kier molecular flexibility index (Phi) is 1.84. The summed E-state index contributed by atoms with van der Waals surface area (Å²) in [6.45, 7) is 0. The van der Waals surface area contributed by atoms with Crippen molar-refractivity contribution in [1.29, 1.82) is 0 Å². The van der Waals surface area contributed by atoms with Crippen LogP contribution in [0, 0.1) is 0 Å². The predicted octanol–water partition coefficient (Wildman–Crippen LogP) is -1.52. The molecule has 2 aromatic rings. The van der Waals surface area contributed by atoms with Crippen LogP contribution in [0.4, 0.5) is 0 Å². The van der Waals surface area contributed by atoms with Gasteiger partial charge < -0.3 is 5.11 Å². The lowest BCUT2D eigenvalue weighted by Crippen LogP contribution is -2.56. The van der Waals surface area contributed by atoms with Crippen molar-refractivity contribution in [2.45, 2.75) is 0 Å². The number of hydrogen-bond donors (Lipinski definition) is 1. The summed E-state index contributed by atoms with van der Waals surface area (Å²) in [5, 5.41) is 9.44. The van der Waals surface area contributed by atoms with Gasteiger partial charge in [-0.15, -0.1) is 0 Å². The van der Waals surface area contributed by atoms with Crippen LogP contribution in [0.25, 0.3) is 0 Å². The fraction of sp³-hybridized carbons (Fsp3) is 0. The molecule has 3 heteroatoms. The van der Waals surface area contributed by atoms with Gasteiger partial charge in [-0.2, -0.15) is 0 Å². The zero-order chi connectivity index (χ0) is 10.3. The molecule has 1 aliphatic heterocycles. The zero-order valence-corrected chi connectivity index (χ0v) is 8.40. The molecule has 0 aromatic heterocycles. The van der Waals surface area contributed by atoms with Crippen molar-refractivity contribution in [2.75, 3.05) is 0 Å². The molecule has 1 aliphatic rings. The molecular formula is C12H10B2O. The minimum absolute atomic E-state index is 0.369. The van der Waals surface area contributed by atoms with Gasteiger partial charge in [-0.25, -0.2) is 0 Å². The highest BCUT2D eigenvalue weighted by Gasteiger charge is 2.16. The van der Waals surface area contributed by atoms with Crippen LogP contribution in [0.1, 0.15) is 0 Å². The summed E-state index contributed by atoms with van der Waals surface area (Å²) in [5.74, 6) is 0.369. The Bertz CT molecular complexity index is 523. The van der Waals surface area contributed by atoms with E-state index in [2.05, 4.69) is 24.3 Å². The van der Waals surface area contributed by atoms with Crippen molar-refractivity contribution in [1.82, 2.24) is 0 Å². The molecule has 0 spiro atoms. The normalized spacial score (nSPS) is 12.0.